The highest BCUT2D eigenvalue weighted by Crippen LogP contribution is 2.18. The SMILES string of the molecule is CCOC(=O)[C@@H]1CCCN(C(=O)Cn2nc3nc(Nc4ccccc4)ccn3c2=O)C1. The van der Waals surface area contributed by atoms with Crippen LogP contribution in [0.25, 0.3) is 5.78 Å². The van der Waals surface area contributed by atoms with E-state index in [1.807, 2.05) is 30.3 Å². The average Bonchev–Trinajstić information content (AvgIpc) is 3.09. The number of para-hydroxylation sites is 1. The topological polar surface area (TPSA) is 111 Å². The monoisotopic (exact) mass is 424 g/mol. The number of hydrogen-bond donors (Lipinski definition) is 1. The average molecular weight is 424 g/mol. The van der Waals surface area contributed by atoms with E-state index in [0.29, 0.717) is 38.4 Å². The Morgan fingerprint density at radius 1 is 1.23 bits per heavy atom. The number of ether oxygens (including phenoxy) is 1. The van der Waals surface area contributed by atoms with Crippen LogP contribution in [0.5, 0.6) is 0 Å². The zero-order valence-corrected chi connectivity index (χ0v) is 17.2. The van der Waals surface area contributed by atoms with Crippen LogP contribution in [0.2, 0.25) is 0 Å². The van der Waals surface area contributed by atoms with Gasteiger partial charge in [0, 0.05) is 25.0 Å². The molecule has 0 unspecified atom stereocenters. The number of esters is 1. The summed E-state index contributed by atoms with van der Waals surface area (Å²) in [5.74, 6) is -0.143. The molecule has 1 aliphatic heterocycles. The number of likely N-dealkylation sites (tertiary alicyclic amines) is 1. The van der Waals surface area contributed by atoms with Crippen LogP contribution in [-0.4, -0.2) is 55.6 Å². The second-order valence-electron chi connectivity index (χ2n) is 7.34. The zero-order valence-electron chi connectivity index (χ0n) is 17.2. The molecule has 0 aliphatic carbocycles. The first kappa shape index (κ1) is 20.6. The van der Waals surface area contributed by atoms with E-state index in [4.69, 9.17) is 4.74 Å². The van der Waals surface area contributed by atoms with Gasteiger partial charge in [0.25, 0.3) is 5.78 Å². The van der Waals surface area contributed by atoms with Gasteiger partial charge in [0.2, 0.25) is 5.91 Å². The van der Waals surface area contributed by atoms with Crippen LogP contribution in [0.15, 0.2) is 47.4 Å². The molecule has 3 heterocycles. The van der Waals surface area contributed by atoms with Gasteiger partial charge >= 0.3 is 11.7 Å². The molecule has 1 N–H and O–H groups in total. The Bertz CT molecular complexity index is 1140. The highest BCUT2D eigenvalue weighted by Gasteiger charge is 2.29. The number of hydrogen-bond acceptors (Lipinski definition) is 7. The highest BCUT2D eigenvalue weighted by molar-refractivity contribution is 5.78. The van der Waals surface area contributed by atoms with E-state index in [2.05, 4.69) is 15.4 Å². The Hall–Kier alpha value is -3.69. The minimum Gasteiger partial charge on any atom is -0.466 e. The van der Waals surface area contributed by atoms with E-state index in [9.17, 15) is 14.4 Å². The van der Waals surface area contributed by atoms with Crippen molar-refractivity contribution in [2.24, 2.45) is 5.92 Å². The van der Waals surface area contributed by atoms with Crippen LogP contribution in [-0.2, 0) is 20.9 Å². The van der Waals surface area contributed by atoms with Crippen LogP contribution in [0, 0.1) is 5.92 Å². The fourth-order valence-corrected chi connectivity index (χ4v) is 3.63. The Balaban J connectivity index is 1.48. The first-order chi connectivity index (χ1) is 15.0. The minimum absolute atomic E-state index is 0.196. The van der Waals surface area contributed by atoms with Crippen molar-refractivity contribution in [3.63, 3.8) is 0 Å². The molecule has 2 aromatic heterocycles. The summed E-state index contributed by atoms with van der Waals surface area (Å²) in [5, 5.41) is 7.36. The number of rotatable bonds is 6. The molecule has 10 heteroatoms. The van der Waals surface area contributed by atoms with Crippen LogP contribution < -0.4 is 11.0 Å². The third-order valence-electron chi connectivity index (χ3n) is 5.18. The maximum atomic E-state index is 12.8. The molecule has 31 heavy (non-hydrogen) atoms. The van der Waals surface area contributed by atoms with Crippen molar-refractivity contribution in [3.05, 3.63) is 53.1 Å². The van der Waals surface area contributed by atoms with E-state index < -0.39 is 5.69 Å². The second kappa shape index (κ2) is 8.99. The molecular formula is C21H24N6O4. The quantitative estimate of drug-likeness (QED) is 0.596. The molecular weight excluding hydrogens is 400 g/mol. The molecule has 0 radical (unpaired) electrons. The van der Waals surface area contributed by atoms with Gasteiger partial charge in [0.1, 0.15) is 12.4 Å². The van der Waals surface area contributed by atoms with Gasteiger partial charge < -0.3 is 15.0 Å². The van der Waals surface area contributed by atoms with E-state index >= 15 is 0 Å². The van der Waals surface area contributed by atoms with Crippen LogP contribution in [0.4, 0.5) is 11.5 Å². The van der Waals surface area contributed by atoms with E-state index in [0.717, 1.165) is 10.4 Å². The normalized spacial score (nSPS) is 16.3. The number of benzene rings is 1. The highest BCUT2D eigenvalue weighted by atomic mass is 16.5. The summed E-state index contributed by atoms with van der Waals surface area (Å²) >= 11 is 0. The lowest BCUT2D eigenvalue weighted by Gasteiger charge is -2.31. The maximum absolute atomic E-state index is 12.8. The summed E-state index contributed by atoms with van der Waals surface area (Å²) in [6.07, 6.45) is 2.98. The molecule has 0 spiro atoms. The fraction of sp³-hybridized carbons (Fsp3) is 0.381. The molecule has 162 valence electrons. The maximum Gasteiger partial charge on any atom is 0.352 e. The first-order valence-electron chi connectivity index (χ1n) is 10.3. The lowest BCUT2D eigenvalue weighted by atomic mass is 9.98. The van der Waals surface area contributed by atoms with Crippen LogP contribution >= 0.6 is 0 Å². The number of nitrogens with one attached hydrogen (secondary N) is 1. The van der Waals surface area contributed by atoms with Gasteiger partial charge in [-0.25, -0.2) is 13.9 Å². The molecule has 1 aliphatic rings. The summed E-state index contributed by atoms with van der Waals surface area (Å²) in [4.78, 5) is 43.4. The van der Waals surface area contributed by atoms with Crippen molar-refractivity contribution in [2.45, 2.75) is 26.3 Å². The van der Waals surface area contributed by atoms with E-state index in [-0.39, 0.29) is 30.1 Å². The smallest absolute Gasteiger partial charge is 0.352 e. The van der Waals surface area contributed by atoms with Crippen molar-refractivity contribution in [2.75, 3.05) is 25.0 Å². The van der Waals surface area contributed by atoms with Crippen molar-refractivity contribution < 1.29 is 14.3 Å². The lowest BCUT2D eigenvalue weighted by molar-refractivity contribution is -0.151. The number of carbonyl (C=O) groups excluding carboxylic acids is 2. The predicted molar refractivity (Wildman–Crippen MR) is 113 cm³/mol. The van der Waals surface area contributed by atoms with Gasteiger partial charge in [0.05, 0.1) is 12.5 Å². The van der Waals surface area contributed by atoms with Gasteiger partial charge in [-0.3, -0.25) is 9.59 Å². The first-order valence-corrected chi connectivity index (χ1v) is 10.3. The third kappa shape index (κ3) is 4.57. The number of carbonyl (C=O) groups is 2. The Morgan fingerprint density at radius 2 is 2.03 bits per heavy atom. The lowest BCUT2D eigenvalue weighted by Crippen LogP contribution is -2.45. The van der Waals surface area contributed by atoms with Crippen LogP contribution in [0.3, 0.4) is 0 Å². The standard InChI is InChI=1S/C21H24N6O4/c1-2-31-19(29)15-7-6-11-25(13-15)18(28)14-27-21(30)26-12-10-17(23-20(26)24-27)22-16-8-4-3-5-9-16/h3-5,8-10,12,15H,2,6-7,11,13-14H2,1H3,(H,22,23,24)/t15-/m1/s1. The number of amides is 1. The summed E-state index contributed by atoms with van der Waals surface area (Å²) in [6.45, 7) is 2.70. The van der Waals surface area contributed by atoms with Gasteiger partial charge in [-0.05, 0) is 38.0 Å². The van der Waals surface area contributed by atoms with Crippen LogP contribution in [0.1, 0.15) is 19.8 Å². The molecule has 0 saturated carbocycles. The van der Waals surface area contributed by atoms with Gasteiger partial charge in [-0.1, -0.05) is 18.2 Å². The van der Waals surface area contributed by atoms with Crippen molar-refractivity contribution in [1.29, 1.82) is 0 Å². The number of anilines is 2. The number of nitrogens with zero attached hydrogens (tertiary/aromatic N) is 5. The summed E-state index contributed by atoms with van der Waals surface area (Å²) in [5.41, 5.74) is 0.415. The summed E-state index contributed by atoms with van der Waals surface area (Å²) in [6, 6.07) is 11.2. The molecule has 4 rings (SSSR count). The molecule has 10 nitrogen and oxygen atoms in total. The summed E-state index contributed by atoms with van der Waals surface area (Å²) in [7, 11) is 0. The van der Waals surface area contributed by atoms with Gasteiger partial charge in [0.15, 0.2) is 0 Å². The molecule has 1 atom stereocenters. The number of fused-ring (bicyclic) bond motifs is 1. The molecule has 1 saturated heterocycles. The molecule has 3 aromatic rings. The third-order valence-corrected chi connectivity index (χ3v) is 5.18. The Morgan fingerprint density at radius 3 is 2.81 bits per heavy atom. The second-order valence-corrected chi connectivity index (χ2v) is 7.34. The number of aromatic nitrogens is 4. The van der Waals surface area contributed by atoms with Crippen molar-refractivity contribution in [1.82, 2.24) is 24.1 Å². The predicted octanol–water partition coefficient (Wildman–Crippen LogP) is 1.44. The largest absolute Gasteiger partial charge is 0.466 e. The van der Waals surface area contributed by atoms with Gasteiger partial charge in [-0.2, -0.15) is 4.98 Å². The van der Waals surface area contributed by atoms with Gasteiger partial charge in [-0.15, -0.1) is 5.10 Å². The molecule has 1 amide bonds. The minimum atomic E-state index is -0.443. The Labute approximate surface area is 178 Å². The summed E-state index contributed by atoms with van der Waals surface area (Å²) < 4.78 is 7.47. The van der Waals surface area contributed by atoms with E-state index in [1.54, 1.807) is 24.1 Å². The fourth-order valence-electron chi connectivity index (χ4n) is 3.63. The Kier molecular flexibility index (Phi) is 5.96. The molecule has 0 bridgehead atoms. The molecule has 1 aromatic carbocycles. The number of piperidine rings is 1. The van der Waals surface area contributed by atoms with Crippen molar-refractivity contribution in [3.8, 4) is 0 Å². The van der Waals surface area contributed by atoms with Crippen molar-refractivity contribution >= 4 is 29.2 Å². The molecule has 1 fully saturated rings. The zero-order chi connectivity index (χ0) is 21.8. The van der Waals surface area contributed by atoms with E-state index in [1.165, 1.54) is 4.40 Å².